The molecule has 1 aliphatic rings. The van der Waals surface area contributed by atoms with Crippen LogP contribution >= 0.6 is 11.3 Å². The molecule has 98 valence electrons. The minimum absolute atomic E-state index is 0.102. The molecule has 19 heavy (non-hydrogen) atoms. The number of nitrogens with two attached hydrogens (primary N) is 1. The van der Waals surface area contributed by atoms with Gasteiger partial charge in [0.15, 0.2) is 0 Å². The molecule has 1 aliphatic heterocycles. The van der Waals surface area contributed by atoms with Crippen LogP contribution in [0.3, 0.4) is 0 Å². The maximum absolute atomic E-state index is 12.4. The highest BCUT2D eigenvalue weighted by atomic mass is 32.1. The molecule has 0 bridgehead atoms. The zero-order valence-corrected chi connectivity index (χ0v) is 11.2. The fourth-order valence-corrected chi connectivity index (χ4v) is 3.34. The van der Waals surface area contributed by atoms with Gasteiger partial charge in [0, 0.05) is 16.8 Å². The molecule has 0 spiro atoms. The van der Waals surface area contributed by atoms with Gasteiger partial charge >= 0.3 is 0 Å². The number of primary amides is 1. The van der Waals surface area contributed by atoms with Crippen molar-refractivity contribution in [2.75, 3.05) is 6.54 Å². The third-order valence-electron chi connectivity index (χ3n) is 3.54. The second kappa shape index (κ2) is 4.66. The standard InChI is InChI=1S/C14H14N2O2S/c15-13(17)11-2-1-6-16(11)14(18)10-3-4-12-9(8-10)5-7-19-12/h3-5,7-8,11H,1-2,6H2,(H2,15,17)/t11-/m0/s1. The van der Waals surface area contributed by atoms with Crippen molar-refractivity contribution in [1.82, 2.24) is 4.90 Å². The van der Waals surface area contributed by atoms with Gasteiger partial charge in [-0.15, -0.1) is 11.3 Å². The molecule has 5 heteroatoms. The van der Waals surface area contributed by atoms with Crippen LogP contribution in [0, 0.1) is 0 Å². The van der Waals surface area contributed by atoms with E-state index in [2.05, 4.69) is 0 Å². The lowest BCUT2D eigenvalue weighted by molar-refractivity contribution is -0.121. The van der Waals surface area contributed by atoms with Gasteiger partial charge in [0.25, 0.3) is 5.91 Å². The van der Waals surface area contributed by atoms with Crippen LogP contribution in [0.25, 0.3) is 10.1 Å². The minimum atomic E-state index is -0.453. The molecular formula is C14H14N2O2S. The normalized spacial score (nSPS) is 18.9. The fraction of sp³-hybridized carbons (Fsp3) is 0.286. The highest BCUT2D eigenvalue weighted by Crippen LogP contribution is 2.24. The number of fused-ring (bicyclic) bond motifs is 1. The molecule has 1 saturated heterocycles. The van der Waals surface area contributed by atoms with Gasteiger partial charge in [0.2, 0.25) is 5.91 Å². The molecule has 0 unspecified atom stereocenters. The molecule has 1 atom stereocenters. The molecule has 0 saturated carbocycles. The van der Waals surface area contributed by atoms with E-state index in [0.29, 0.717) is 18.5 Å². The Bertz CT molecular complexity index is 650. The number of nitrogens with zero attached hydrogens (tertiary/aromatic N) is 1. The first kappa shape index (κ1) is 12.2. The topological polar surface area (TPSA) is 63.4 Å². The van der Waals surface area contributed by atoms with Gasteiger partial charge in [-0.2, -0.15) is 0 Å². The summed E-state index contributed by atoms with van der Waals surface area (Å²) < 4.78 is 1.16. The second-order valence-electron chi connectivity index (χ2n) is 4.73. The van der Waals surface area contributed by atoms with Gasteiger partial charge in [0.1, 0.15) is 6.04 Å². The van der Waals surface area contributed by atoms with Gasteiger partial charge in [-0.1, -0.05) is 0 Å². The van der Waals surface area contributed by atoms with Gasteiger partial charge in [0.05, 0.1) is 0 Å². The first-order valence-corrected chi connectivity index (χ1v) is 7.12. The quantitative estimate of drug-likeness (QED) is 0.910. The number of benzene rings is 1. The Labute approximate surface area is 114 Å². The number of rotatable bonds is 2. The third kappa shape index (κ3) is 2.10. The molecule has 0 aliphatic carbocycles. The van der Waals surface area contributed by atoms with Gasteiger partial charge < -0.3 is 10.6 Å². The number of likely N-dealkylation sites (tertiary alicyclic amines) is 1. The SMILES string of the molecule is NC(=O)[C@@H]1CCCN1C(=O)c1ccc2sccc2c1. The number of carbonyl (C=O) groups excluding carboxylic acids is 2. The monoisotopic (exact) mass is 274 g/mol. The first-order chi connectivity index (χ1) is 9.16. The maximum Gasteiger partial charge on any atom is 0.254 e. The van der Waals surface area contributed by atoms with E-state index in [1.165, 1.54) is 0 Å². The van der Waals surface area contributed by atoms with Gasteiger partial charge in [-0.05, 0) is 47.9 Å². The zero-order chi connectivity index (χ0) is 13.4. The molecule has 3 rings (SSSR count). The Balaban J connectivity index is 1.92. The summed E-state index contributed by atoms with van der Waals surface area (Å²) in [6.07, 6.45) is 1.50. The van der Waals surface area contributed by atoms with Crippen molar-refractivity contribution in [2.45, 2.75) is 18.9 Å². The Morgan fingerprint density at radius 2 is 2.16 bits per heavy atom. The van der Waals surface area contributed by atoms with Crippen LogP contribution in [0.4, 0.5) is 0 Å². The Morgan fingerprint density at radius 3 is 2.95 bits per heavy atom. The maximum atomic E-state index is 12.4. The van der Waals surface area contributed by atoms with E-state index in [0.717, 1.165) is 16.5 Å². The third-order valence-corrected chi connectivity index (χ3v) is 4.44. The fourth-order valence-electron chi connectivity index (χ4n) is 2.57. The van der Waals surface area contributed by atoms with Crippen molar-refractivity contribution in [3.05, 3.63) is 35.2 Å². The van der Waals surface area contributed by atoms with Crippen molar-refractivity contribution in [2.24, 2.45) is 5.73 Å². The summed E-state index contributed by atoms with van der Waals surface area (Å²) in [4.78, 5) is 25.4. The van der Waals surface area contributed by atoms with E-state index < -0.39 is 11.9 Å². The summed E-state index contributed by atoms with van der Waals surface area (Å²) in [5.74, 6) is -0.517. The molecule has 0 radical (unpaired) electrons. The zero-order valence-electron chi connectivity index (χ0n) is 10.3. The van der Waals surface area contributed by atoms with Crippen LogP contribution < -0.4 is 5.73 Å². The van der Waals surface area contributed by atoms with Crippen LogP contribution in [0.15, 0.2) is 29.6 Å². The van der Waals surface area contributed by atoms with Gasteiger partial charge in [-0.25, -0.2) is 0 Å². The summed E-state index contributed by atoms with van der Waals surface area (Å²) in [6, 6.07) is 7.18. The molecule has 4 nitrogen and oxygen atoms in total. The lowest BCUT2D eigenvalue weighted by Gasteiger charge is -2.22. The van der Waals surface area contributed by atoms with Crippen LogP contribution in [-0.4, -0.2) is 29.3 Å². The van der Waals surface area contributed by atoms with Crippen LogP contribution in [0.5, 0.6) is 0 Å². The molecule has 2 amide bonds. The number of hydrogen-bond acceptors (Lipinski definition) is 3. The van der Waals surface area contributed by atoms with E-state index in [1.54, 1.807) is 16.2 Å². The van der Waals surface area contributed by atoms with E-state index >= 15 is 0 Å². The lowest BCUT2D eigenvalue weighted by Crippen LogP contribution is -2.43. The molecular weight excluding hydrogens is 260 g/mol. The Kier molecular flexibility index (Phi) is 2.98. The predicted molar refractivity (Wildman–Crippen MR) is 75.1 cm³/mol. The highest BCUT2D eigenvalue weighted by Gasteiger charge is 2.33. The molecule has 1 fully saturated rings. The summed E-state index contributed by atoms with van der Waals surface area (Å²) in [6.45, 7) is 0.605. The summed E-state index contributed by atoms with van der Waals surface area (Å²) in [5, 5.41) is 3.06. The smallest absolute Gasteiger partial charge is 0.254 e. The average Bonchev–Trinajstić information content (AvgIpc) is 3.05. The van der Waals surface area contributed by atoms with E-state index in [1.807, 2.05) is 29.6 Å². The summed E-state index contributed by atoms with van der Waals surface area (Å²) in [7, 11) is 0. The lowest BCUT2D eigenvalue weighted by atomic mass is 10.1. The van der Waals surface area contributed by atoms with E-state index in [9.17, 15) is 9.59 Å². The van der Waals surface area contributed by atoms with Crippen LogP contribution in [-0.2, 0) is 4.79 Å². The van der Waals surface area contributed by atoms with Crippen molar-refractivity contribution >= 4 is 33.2 Å². The van der Waals surface area contributed by atoms with Crippen LogP contribution in [0.2, 0.25) is 0 Å². The largest absolute Gasteiger partial charge is 0.368 e. The number of thiophene rings is 1. The first-order valence-electron chi connectivity index (χ1n) is 6.24. The summed E-state index contributed by atoms with van der Waals surface area (Å²) >= 11 is 1.65. The highest BCUT2D eigenvalue weighted by molar-refractivity contribution is 7.17. The molecule has 2 N–H and O–H groups in total. The average molecular weight is 274 g/mol. The van der Waals surface area contributed by atoms with Gasteiger partial charge in [-0.3, -0.25) is 9.59 Å². The van der Waals surface area contributed by atoms with Crippen LogP contribution in [0.1, 0.15) is 23.2 Å². The Hall–Kier alpha value is -1.88. The number of carbonyl (C=O) groups is 2. The second-order valence-corrected chi connectivity index (χ2v) is 5.68. The van der Waals surface area contributed by atoms with E-state index in [-0.39, 0.29) is 5.91 Å². The number of amides is 2. The minimum Gasteiger partial charge on any atom is -0.368 e. The van der Waals surface area contributed by atoms with Crippen molar-refractivity contribution in [1.29, 1.82) is 0 Å². The Morgan fingerprint density at radius 1 is 1.32 bits per heavy atom. The molecule has 1 aromatic heterocycles. The molecule has 2 aromatic rings. The van der Waals surface area contributed by atoms with Crippen molar-refractivity contribution < 1.29 is 9.59 Å². The molecule has 1 aromatic carbocycles. The van der Waals surface area contributed by atoms with Crippen molar-refractivity contribution in [3.63, 3.8) is 0 Å². The summed E-state index contributed by atoms with van der Waals surface area (Å²) in [5.41, 5.74) is 5.97. The number of hydrogen-bond donors (Lipinski definition) is 1. The van der Waals surface area contributed by atoms with Crippen molar-refractivity contribution in [3.8, 4) is 0 Å². The van der Waals surface area contributed by atoms with E-state index in [4.69, 9.17) is 5.73 Å². The molecule has 2 heterocycles. The predicted octanol–water partition coefficient (Wildman–Crippen LogP) is 1.99.